The van der Waals surface area contributed by atoms with E-state index in [4.69, 9.17) is 9.47 Å². The number of hydrogen-bond acceptors (Lipinski definition) is 2. The summed E-state index contributed by atoms with van der Waals surface area (Å²) in [5, 5.41) is 15.9. The molecule has 0 atom stereocenters. The molecule has 0 radical (unpaired) electrons. The van der Waals surface area contributed by atoms with Gasteiger partial charge >= 0.3 is 0 Å². The molecule has 0 aliphatic heterocycles. The molecule has 0 N–H and O–H groups in total. The van der Waals surface area contributed by atoms with Crippen molar-refractivity contribution in [2.45, 2.75) is 142 Å². The Morgan fingerprint density at radius 2 is 0.560 bits per heavy atom. The number of rotatable bonds is 24. The first-order valence-corrected chi connectivity index (χ1v) is 20.7. The SMILES string of the molecule is CCCCCCCCCCCCOc1c(OCCCCCCCCCCCC)c2ccc3ccc4ccc5ccc6ccc1c1c6c5c4c3c21. The molecule has 0 spiro atoms. The van der Waals surface area contributed by atoms with Gasteiger partial charge in [-0.1, -0.05) is 178 Å². The van der Waals surface area contributed by atoms with E-state index in [0.29, 0.717) is 0 Å². The average molecular weight is 669 g/mol. The van der Waals surface area contributed by atoms with Gasteiger partial charge in [0.15, 0.2) is 11.5 Å². The number of ether oxygens (including phenoxy) is 2. The van der Waals surface area contributed by atoms with Gasteiger partial charge in [-0.3, -0.25) is 0 Å². The van der Waals surface area contributed by atoms with E-state index in [-0.39, 0.29) is 0 Å². The van der Waals surface area contributed by atoms with Gasteiger partial charge < -0.3 is 9.47 Å². The minimum Gasteiger partial charge on any atom is -0.489 e. The molecule has 0 unspecified atom stereocenters. The molecule has 2 nitrogen and oxygen atoms in total. The third-order valence-corrected chi connectivity index (χ3v) is 11.6. The fourth-order valence-electron chi connectivity index (χ4n) is 8.82. The van der Waals surface area contributed by atoms with Crippen LogP contribution in [0.3, 0.4) is 0 Å². The molecule has 0 saturated heterocycles. The lowest BCUT2D eigenvalue weighted by atomic mass is 9.82. The first kappa shape index (κ1) is 34.9. The van der Waals surface area contributed by atoms with Crippen LogP contribution in [0.1, 0.15) is 142 Å². The van der Waals surface area contributed by atoms with Crippen LogP contribution in [0.15, 0.2) is 60.7 Å². The van der Waals surface area contributed by atoms with Crippen molar-refractivity contribution in [1.82, 2.24) is 0 Å². The molecule has 0 heterocycles. The lowest BCUT2D eigenvalue weighted by molar-refractivity contribution is 0.263. The number of unbranched alkanes of at least 4 members (excludes halogenated alkanes) is 18. The summed E-state index contributed by atoms with van der Waals surface area (Å²) >= 11 is 0. The van der Waals surface area contributed by atoms with E-state index in [2.05, 4.69) is 74.5 Å². The van der Waals surface area contributed by atoms with Crippen molar-refractivity contribution in [3.63, 3.8) is 0 Å². The van der Waals surface area contributed by atoms with Crippen molar-refractivity contribution in [1.29, 1.82) is 0 Å². The zero-order chi connectivity index (χ0) is 34.1. The summed E-state index contributed by atoms with van der Waals surface area (Å²) in [6, 6.07) is 23.1. The fourth-order valence-corrected chi connectivity index (χ4v) is 8.82. The molecule has 0 bridgehead atoms. The Morgan fingerprint density at radius 3 is 0.880 bits per heavy atom. The molecule has 7 aromatic carbocycles. The molecule has 264 valence electrons. The maximum atomic E-state index is 6.89. The Morgan fingerprint density at radius 1 is 0.300 bits per heavy atom. The molecule has 7 rings (SSSR count). The van der Waals surface area contributed by atoms with Gasteiger partial charge in [-0.2, -0.15) is 0 Å². The molecule has 2 heteroatoms. The van der Waals surface area contributed by atoms with Crippen LogP contribution in [0.2, 0.25) is 0 Å². The second-order valence-corrected chi connectivity index (χ2v) is 15.3. The van der Waals surface area contributed by atoms with Crippen LogP contribution in [0, 0.1) is 0 Å². The van der Waals surface area contributed by atoms with Crippen molar-refractivity contribution < 1.29 is 9.47 Å². The van der Waals surface area contributed by atoms with Crippen molar-refractivity contribution in [2.75, 3.05) is 13.2 Å². The maximum absolute atomic E-state index is 6.89. The van der Waals surface area contributed by atoms with Gasteiger partial charge in [-0.25, -0.2) is 0 Å². The van der Waals surface area contributed by atoms with Crippen molar-refractivity contribution >= 4 is 64.6 Å². The standard InChI is InChI=1S/C48H60O2/c1-3-5-7-9-11-13-15-17-19-21-33-49-47-39-31-29-37-27-25-35-23-24-36-26-28-38-30-32-40(46-44(38)42(36)41(35)43(37)45(39)46)48(47)50-34-22-20-18-16-14-12-10-8-6-4-2/h23-32H,3-22,33-34H2,1-2H3. The summed E-state index contributed by atoms with van der Waals surface area (Å²) in [5.74, 6) is 1.92. The van der Waals surface area contributed by atoms with Crippen molar-refractivity contribution in [2.24, 2.45) is 0 Å². The Labute approximate surface area is 300 Å². The first-order valence-electron chi connectivity index (χ1n) is 20.7. The second-order valence-electron chi connectivity index (χ2n) is 15.3. The Hall–Kier alpha value is -3.52. The van der Waals surface area contributed by atoms with Crippen LogP contribution in [-0.2, 0) is 0 Å². The second kappa shape index (κ2) is 17.1. The Kier molecular flexibility index (Phi) is 12.0. The Bertz CT molecular complexity index is 1900. The van der Waals surface area contributed by atoms with Gasteiger partial charge in [0.05, 0.1) is 13.2 Å². The highest BCUT2D eigenvalue weighted by Crippen LogP contribution is 2.53. The van der Waals surface area contributed by atoms with Crippen LogP contribution in [0.5, 0.6) is 11.5 Å². The van der Waals surface area contributed by atoms with E-state index in [1.807, 2.05) is 0 Å². The molecular weight excluding hydrogens is 609 g/mol. The zero-order valence-electron chi connectivity index (χ0n) is 31.1. The Balaban J connectivity index is 1.13. The minimum atomic E-state index is 0.738. The lowest BCUT2D eigenvalue weighted by Crippen LogP contribution is -2.05. The highest BCUT2D eigenvalue weighted by molar-refractivity contribution is 6.45. The van der Waals surface area contributed by atoms with Crippen LogP contribution in [-0.4, -0.2) is 13.2 Å². The summed E-state index contributed by atoms with van der Waals surface area (Å²) in [6.07, 6.45) is 26.5. The normalized spacial score (nSPS) is 12.4. The zero-order valence-corrected chi connectivity index (χ0v) is 31.1. The molecule has 7 aromatic rings. The molecule has 50 heavy (non-hydrogen) atoms. The van der Waals surface area contributed by atoms with Crippen LogP contribution in [0.4, 0.5) is 0 Å². The predicted molar refractivity (Wildman–Crippen MR) is 220 cm³/mol. The summed E-state index contributed by atoms with van der Waals surface area (Å²) in [4.78, 5) is 0. The topological polar surface area (TPSA) is 18.5 Å². The van der Waals surface area contributed by atoms with Crippen LogP contribution >= 0.6 is 0 Å². The van der Waals surface area contributed by atoms with Gasteiger partial charge in [0.25, 0.3) is 0 Å². The summed E-state index contributed by atoms with van der Waals surface area (Å²) in [6.45, 7) is 6.07. The van der Waals surface area contributed by atoms with Gasteiger partial charge in [0.1, 0.15) is 0 Å². The summed E-state index contributed by atoms with van der Waals surface area (Å²) < 4.78 is 13.8. The van der Waals surface area contributed by atoms with Crippen LogP contribution in [0.25, 0.3) is 64.6 Å². The van der Waals surface area contributed by atoms with E-state index in [0.717, 1.165) is 37.6 Å². The maximum Gasteiger partial charge on any atom is 0.169 e. The number of hydrogen-bond donors (Lipinski definition) is 0. The van der Waals surface area contributed by atoms with E-state index in [1.54, 1.807) is 0 Å². The molecule has 0 amide bonds. The van der Waals surface area contributed by atoms with E-state index >= 15 is 0 Å². The van der Waals surface area contributed by atoms with Gasteiger partial charge in [-0.05, 0) is 68.1 Å². The lowest BCUT2D eigenvalue weighted by Gasteiger charge is -2.24. The third-order valence-electron chi connectivity index (χ3n) is 11.6. The molecule has 0 fully saturated rings. The van der Waals surface area contributed by atoms with Gasteiger partial charge in [0, 0.05) is 21.5 Å². The highest BCUT2D eigenvalue weighted by atomic mass is 16.5. The largest absolute Gasteiger partial charge is 0.489 e. The summed E-state index contributed by atoms with van der Waals surface area (Å²) in [7, 11) is 0. The summed E-state index contributed by atoms with van der Waals surface area (Å²) in [5.41, 5.74) is 0. The molecule has 0 aromatic heterocycles. The predicted octanol–water partition coefficient (Wildman–Crippen LogP) is 15.5. The first-order chi connectivity index (χ1) is 24.8. The van der Waals surface area contributed by atoms with Gasteiger partial charge in [-0.15, -0.1) is 0 Å². The number of benzene rings is 7. The molecular formula is C48H60O2. The van der Waals surface area contributed by atoms with Crippen LogP contribution < -0.4 is 9.47 Å². The van der Waals surface area contributed by atoms with E-state index in [9.17, 15) is 0 Å². The third kappa shape index (κ3) is 7.28. The molecule has 0 aliphatic carbocycles. The molecule has 0 aliphatic rings. The quantitative estimate of drug-likeness (QED) is 0.0362. The fraction of sp³-hybridized carbons (Fsp3) is 0.500. The van der Waals surface area contributed by atoms with Gasteiger partial charge in [0.2, 0.25) is 0 Å². The molecule has 0 saturated carbocycles. The monoisotopic (exact) mass is 668 g/mol. The van der Waals surface area contributed by atoms with E-state index < -0.39 is 0 Å². The van der Waals surface area contributed by atoms with Crippen molar-refractivity contribution in [3.8, 4) is 11.5 Å². The van der Waals surface area contributed by atoms with Crippen molar-refractivity contribution in [3.05, 3.63) is 60.7 Å². The smallest absolute Gasteiger partial charge is 0.169 e. The average Bonchev–Trinajstić information content (AvgIpc) is 3.15. The highest BCUT2D eigenvalue weighted by Gasteiger charge is 2.25. The van der Waals surface area contributed by atoms with E-state index in [1.165, 1.54) is 180 Å². The minimum absolute atomic E-state index is 0.738.